The highest BCUT2D eigenvalue weighted by Gasteiger charge is 2.44. The van der Waals surface area contributed by atoms with E-state index in [-0.39, 0.29) is 6.04 Å². The molecular formula is C15H20N2. The minimum Gasteiger partial charge on any atom is -0.324 e. The van der Waals surface area contributed by atoms with Crippen LogP contribution in [0.4, 0.5) is 0 Å². The maximum Gasteiger partial charge on any atom is 0.0372 e. The molecule has 2 bridgehead atoms. The fourth-order valence-electron chi connectivity index (χ4n) is 4.31. The van der Waals surface area contributed by atoms with Gasteiger partial charge in [-0.3, -0.25) is 4.90 Å². The standard InChI is InChI=1S/C15H20N2/c16-14-8-15(13-4-2-1-3-12(13)14)17-9-10-5-6-11(17)7-10/h1-4,10-11,14-15H,5-9,16H2. The first-order valence-corrected chi connectivity index (χ1v) is 6.93. The van der Waals surface area contributed by atoms with E-state index < -0.39 is 0 Å². The number of benzene rings is 1. The predicted octanol–water partition coefficient (Wildman–Crippen LogP) is 2.62. The average Bonchev–Trinajstić information content (AvgIpc) is 3.04. The van der Waals surface area contributed by atoms with Crippen LogP contribution in [-0.4, -0.2) is 17.5 Å². The SMILES string of the molecule is NC1CC(N2CC3CCC2C3)c2ccccc21. The highest BCUT2D eigenvalue weighted by Crippen LogP contribution is 2.48. The topological polar surface area (TPSA) is 29.3 Å². The second-order valence-electron chi connectivity index (χ2n) is 6.02. The Bertz CT molecular complexity index is 442. The molecule has 0 radical (unpaired) electrons. The fraction of sp³-hybridized carbons (Fsp3) is 0.600. The highest BCUT2D eigenvalue weighted by molar-refractivity contribution is 5.37. The van der Waals surface area contributed by atoms with Gasteiger partial charge in [-0.1, -0.05) is 24.3 Å². The molecule has 1 saturated heterocycles. The largest absolute Gasteiger partial charge is 0.324 e. The summed E-state index contributed by atoms with van der Waals surface area (Å²) in [6.07, 6.45) is 5.44. The third-order valence-corrected chi connectivity index (χ3v) is 5.08. The summed E-state index contributed by atoms with van der Waals surface area (Å²) in [6, 6.07) is 10.5. The zero-order chi connectivity index (χ0) is 11.4. The Hall–Kier alpha value is -0.860. The van der Waals surface area contributed by atoms with Crippen molar-refractivity contribution in [1.29, 1.82) is 0 Å². The molecule has 0 amide bonds. The number of likely N-dealkylation sites (tertiary alicyclic amines) is 1. The van der Waals surface area contributed by atoms with Gasteiger partial charge in [0, 0.05) is 24.7 Å². The first-order chi connectivity index (χ1) is 8.33. The first-order valence-electron chi connectivity index (χ1n) is 6.93. The van der Waals surface area contributed by atoms with E-state index in [9.17, 15) is 0 Å². The summed E-state index contributed by atoms with van der Waals surface area (Å²) in [5.41, 5.74) is 9.17. The second kappa shape index (κ2) is 3.56. The number of rotatable bonds is 1. The zero-order valence-corrected chi connectivity index (χ0v) is 10.2. The molecule has 1 aliphatic heterocycles. The maximum absolute atomic E-state index is 6.28. The van der Waals surface area contributed by atoms with E-state index in [0.29, 0.717) is 6.04 Å². The number of fused-ring (bicyclic) bond motifs is 3. The Morgan fingerprint density at radius 2 is 1.88 bits per heavy atom. The summed E-state index contributed by atoms with van der Waals surface area (Å²) in [5.74, 6) is 0.976. The molecule has 4 unspecified atom stereocenters. The molecule has 0 aromatic heterocycles. The van der Waals surface area contributed by atoms with Crippen molar-refractivity contribution in [3.05, 3.63) is 35.4 Å². The molecule has 0 spiro atoms. The van der Waals surface area contributed by atoms with Gasteiger partial charge >= 0.3 is 0 Å². The van der Waals surface area contributed by atoms with Gasteiger partial charge in [-0.05, 0) is 42.7 Å². The van der Waals surface area contributed by atoms with E-state index in [0.717, 1.165) is 18.4 Å². The lowest BCUT2D eigenvalue weighted by molar-refractivity contribution is 0.145. The van der Waals surface area contributed by atoms with Gasteiger partial charge in [-0.15, -0.1) is 0 Å². The van der Waals surface area contributed by atoms with Crippen LogP contribution in [-0.2, 0) is 0 Å². The molecule has 1 aromatic rings. The lowest BCUT2D eigenvalue weighted by Crippen LogP contribution is -2.35. The fourth-order valence-corrected chi connectivity index (χ4v) is 4.31. The number of hydrogen-bond acceptors (Lipinski definition) is 2. The van der Waals surface area contributed by atoms with Gasteiger partial charge in [-0.25, -0.2) is 0 Å². The van der Waals surface area contributed by atoms with Crippen molar-refractivity contribution in [2.75, 3.05) is 6.54 Å². The van der Waals surface area contributed by atoms with Crippen molar-refractivity contribution in [3.63, 3.8) is 0 Å². The van der Waals surface area contributed by atoms with E-state index in [1.807, 2.05) is 0 Å². The Kier molecular flexibility index (Phi) is 2.12. The second-order valence-corrected chi connectivity index (χ2v) is 6.02. The van der Waals surface area contributed by atoms with E-state index in [2.05, 4.69) is 29.2 Å². The molecule has 1 heterocycles. The van der Waals surface area contributed by atoms with Gasteiger partial charge < -0.3 is 5.73 Å². The molecular weight excluding hydrogens is 208 g/mol. The summed E-state index contributed by atoms with van der Waals surface area (Å²) < 4.78 is 0. The van der Waals surface area contributed by atoms with Crippen LogP contribution in [0.25, 0.3) is 0 Å². The Morgan fingerprint density at radius 1 is 1.06 bits per heavy atom. The smallest absolute Gasteiger partial charge is 0.0372 e. The predicted molar refractivity (Wildman–Crippen MR) is 68.6 cm³/mol. The average molecular weight is 228 g/mol. The van der Waals surface area contributed by atoms with Crippen LogP contribution in [0.1, 0.15) is 48.9 Å². The van der Waals surface area contributed by atoms with Crippen molar-refractivity contribution in [2.45, 2.75) is 43.8 Å². The Labute approximate surface area is 103 Å². The molecule has 2 nitrogen and oxygen atoms in total. The summed E-state index contributed by atoms with van der Waals surface area (Å²) in [6.45, 7) is 1.32. The Morgan fingerprint density at radius 3 is 2.59 bits per heavy atom. The van der Waals surface area contributed by atoms with Crippen molar-refractivity contribution >= 4 is 0 Å². The maximum atomic E-state index is 6.28. The molecule has 90 valence electrons. The molecule has 1 aromatic carbocycles. The third-order valence-electron chi connectivity index (χ3n) is 5.08. The summed E-state index contributed by atoms with van der Waals surface area (Å²) in [4.78, 5) is 2.75. The number of hydrogen-bond donors (Lipinski definition) is 1. The van der Waals surface area contributed by atoms with Crippen molar-refractivity contribution in [1.82, 2.24) is 4.90 Å². The van der Waals surface area contributed by atoms with Crippen LogP contribution in [0.5, 0.6) is 0 Å². The van der Waals surface area contributed by atoms with E-state index in [1.54, 1.807) is 0 Å². The zero-order valence-electron chi connectivity index (χ0n) is 10.2. The summed E-state index contributed by atoms with van der Waals surface area (Å²) >= 11 is 0. The van der Waals surface area contributed by atoms with Gasteiger partial charge in [0.25, 0.3) is 0 Å². The molecule has 2 fully saturated rings. The number of piperidine rings is 1. The van der Waals surface area contributed by atoms with Crippen molar-refractivity contribution in [3.8, 4) is 0 Å². The third kappa shape index (κ3) is 1.40. The van der Waals surface area contributed by atoms with E-state index in [4.69, 9.17) is 5.73 Å². The molecule has 17 heavy (non-hydrogen) atoms. The van der Waals surface area contributed by atoms with Crippen LogP contribution in [0.2, 0.25) is 0 Å². The molecule has 2 heteroatoms. The molecule has 1 saturated carbocycles. The van der Waals surface area contributed by atoms with Crippen LogP contribution in [0, 0.1) is 5.92 Å². The van der Waals surface area contributed by atoms with Crippen LogP contribution in [0.3, 0.4) is 0 Å². The van der Waals surface area contributed by atoms with E-state index in [1.165, 1.54) is 36.9 Å². The molecule has 4 atom stereocenters. The van der Waals surface area contributed by atoms with Crippen LogP contribution >= 0.6 is 0 Å². The molecule has 2 aliphatic carbocycles. The molecule has 4 rings (SSSR count). The van der Waals surface area contributed by atoms with Crippen molar-refractivity contribution in [2.24, 2.45) is 11.7 Å². The minimum absolute atomic E-state index is 0.260. The Balaban J connectivity index is 1.68. The number of nitrogens with two attached hydrogens (primary N) is 1. The summed E-state index contributed by atoms with van der Waals surface area (Å²) in [5, 5.41) is 0. The van der Waals surface area contributed by atoms with Gasteiger partial charge in [0.1, 0.15) is 0 Å². The normalized spacial score (nSPS) is 39.8. The van der Waals surface area contributed by atoms with Gasteiger partial charge in [-0.2, -0.15) is 0 Å². The highest BCUT2D eigenvalue weighted by atomic mass is 15.2. The van der Waals surface area contributed by atoms with Gasteiger partial charge in [0.15, 0.2) is 0 Å². The summed E-state index contributed by atoms with van der Waals surface area (Å²) in [7, 11) is 0. The van der Waals surface area contributed by atoms with Crippen LogP contribution < -0.4 is 5.73 Å². The quantitative estimate of drug-likeness (QED) is 0.800. The van der Waals surface area contributed by atoms with Crippen LogP contribution in [0.15, 0.2) is 24.3 Å². The lowest BCUT2D eigenvalue weighted by atomic mass is 10.0. The number of nitrogens with zero attached hydrogens (tertiary/aromatic N) is 1. The monoisotopic (exact) mass is 228 g/mol. The minimum atomic E-state index is 0.260. The lowest BCUT2D eigenvalue weighted by Gasteiger charge is -2.33. The molecule has 2 N–H and O–H groups in total. The first kappa shape index (κ1) is 10.1. The van der Waals surface area contributed by atoms with Crippen molar-refractivity contribution < 1.29 is 0 Å². The molecule has 3 aliphatic rings. The van der Waals surface area contributed by atoms with Gasteiger partial charge in [0.05, 0.1) is 0 Å². The van der Waals surface area contributed by atoms with Gasteiger partial charge in [0.2, 0.25) is 0 Å². The van der Waals surface area contributed by atoms with E-state index >= 15 is 0 Å².